The number of hydrogen-bond donors (Lipinski definition) is 1. The largest absolute Gasteiger partial charge is 0.324 e. The predicted octanol–water partition coefficient (Wildman–Crippen LogP) is 3.39. The molecule has 0 radical (unpaired) electrons. The van der Waals surface area contributed by atoms with Crippen LogP contribution in [0.15, 0.2) is 53.0 Å². The molecule has 3 rings (SSSR count). The lowest BCUT2D eigenvalue weighted by Gasteiger charge is -2.04. The van der Waals surface area contributed by atoms with E-state index in [9.17, 15) is 4.79 Å². The molecule has 0 aliphatic rings. The van der Waals surface area contributed by atoms with Crippen molar-refractivity contribution < 1.29 is 4.79 Å². The third-order valence-electron chi connectivity index (χ3n) is 2.97. The number of amides is 1. The summed E-state index contributed by atoms with van der Waals surface area (Å²) in [5.41, 5.74) is 1.49. The van der Waals surface area contributed by atoms with Gasteiger partial charge in [0.25, 0.3) is 0 Å². The zero-order chi connectivity index (χ0) is 16.2. The molecule has 116 valence electrons. The van der Waals surface area contributed by atoms with Crippen LogP contribution in [0.25, 0.3) is 11.4 Å². The maximum absolute atomic E-state index is 12.0. The minimum Gasteiger partial charge on any atom is -0.324 e. The van der Waals surface area contributed by atoms with E-state index in [-0.39, 0.29) is 12.5 Å². The van der Waals surface area contributed by atoms with E-state index in [1.807, 2.05) is 24.3 Å². The monoisotopic (exact) mass is 391 g/mol. The Bertz CT molecular complexity index is 817. The van der Waals surface area contributed by atoms with Crippen molar-refractivity contribution in [2.75, 3.05) is 5.32 Å². The van der Waals surface area contributed by atoms with Gasteiger partial charge in [-0.1, -0.05) is 27.5 Å². The van der Waals surface area contributed by atoms with Crippen LogP contribution in [0.1, 0.15) is 0 Å². The van der Waals surface area contributed by atoms with E-state index >= 15 is 0 Å². The zero-order valence-electron chi connectivity index (χ0n) is 11.8. The van der Waals surface area contributed by atoms with Crippen LogP contribution in [-0.2, 0) is 11.3 Å². The summed E-state index contributed by atoms with van der Waals surface area (Å²) in [6.07, 6.45) is 0. The maximum Gasteiger partial charge on any atom is 0.248 e. The molecule has 0 atom stereocenters. The molecular formula is C15H11BrClN5O. The van der Waals surface area contributed by atoms with Crippen molar-refractivity contribution >= 4 is 39.1 Å². The summed E-state index contributed by atoms with van der Waals surface area (Å²) < 4.78 is 0.969. The molecule has 3 aromatic rings. The Morgan fingerprint density at radius 2 is 1.83 bits per heavy atom. The summed E-state index contributed by atoms with van der Waals surface area (Å²) in [5, 5.41) is 15.4. The van der Waals surface area contributed by atoms with Crippen molar-refractivity contribution in [2.24, 2.45) is 0 Å². The lowest BCUT2D eigenvalue weighted by molar-refractivity contribution is -0.117. The third-order valence-corrected chi connectivity index (χ3v) is 3.75. The Kier molecular flexibility index (Phi) is 4.68. The van der Waals surface area contributed by atoms with E-state index in [1.54, 1.807) is 24.3 Å². The molecule has 0 unspecified atom stereocenters. The van der Waals surface area contributed by atoms with Gasteiger partial charge >= 0.3 is 0 Å². The quantitative estimate of drug-likeness (QED) is 0.738. The molecule has 0 saturated heterocycles. The molecule has 0 bridgehead atoms. The number of benzene rings is 2. The van der Waals surface area contributed by atoms with Crippen molar-refractivity contribution in [1.29, 1.82) is 0 Å². The fourth-order valence-corrected chi connectivity index (χ4v) is 2.28. The first-order chi connectivity index (χ1) is 11.1. The second-order valence-electron chi connectivity index (χ2n) is 4.71. The lowest BCUT2D eigenvalue weighted by atomic mass is 10.2. The number of nitrogens with one attached hydrogen (secondary N) is 1. The van der Waals surface area contributed by atoms with Gasteiger partial charge < -0.3 is 5.32 Å². The van der Waals surface area contributed by atoms with Gasteiger partial charge in [-0.3, -0.25) is 4.79 Å². The van der Waals surface area contributed by atoms with Gasteiger partial charge in [0.05, 0.1) is 0 Å². The fraction of sp³-hybridized carbons (Fsp3) is 0.0667. The number of carbonyl (C=O) groups is 1. The van der Waals surface area contributed by atoms with Crippen molar-refractivity contribution in [3.8, 4) is 11.4 Å². The van der Waals surface area contributed by atoms with Gasteiger partial charge in [0.2, 0.25) is 11.7 Å². The van der Waals surface area contributed by atoms with Crippen LogP contribution in [0.5, 0.6) is 0 Å². The third kappa shape index (κ3) is 4.14. The number of tetrazole rings is 1. The minimum absolute atomic E-state index is 0.0217. The highest BCUT2D eigenvalue weighted by Gasteiger charge is 2.09. The first kappa shape index (κ1) is 15.6. The molecule has 0 aliphatic carbocycles. The number of halogens is 2. The van der Waals surface area contributed by atoms with E-state index in [0.29, 0.717) is 16.5 Å². The smallest absolute Gasteiger partial charge is 0.248 e. The topological polar surface area (TPSA) is 72.7 Å². The second kappa shape index (κ2) is 6.89. The Balaban J connectivity index is 1.65. The van der Waals surface area contributed by atoms with Gasteiger partial charge in [-0.25, -0.2) is 0 Å². The van der Waals surface area contributed by atoms with E-state index in [0.717, 1.165) is 10.0 Å². The van der Waals surface area contributed by atoms with Crippen molar-refractivity contribution in [1.82, 2.24) is 20.2 Å². The first-order valence-electron chi connectivity index (χ1n) is 6.69. The molecule has 6 nitrogen and oxygen atoms in total. The molecule has 1 aromatic heterocycles. The Labute approximate surface area is 145 Å². The van der Waals surface area contributed by atoms with Crippen LogP contribution >= 0.6 is 27.5 Å². The molecule has 1 heterocycles. The van der Waals surface area contributed by atoms with Crippen LogP contribution in [-0.4, -0.2) is 26.1 Å². The van der Waals surface area contributed by atoms with Gasteiger partial charge in [0, 0.05) is 20.7 Å². The van der Waals surface area contributed by atoms with Crippen molar-refractivity contribution in [2.45, 2.75) is 6.54 Å². The molecule has 23 heavy (non-hydrogen) atoms. The number of hydrogen-bond acceptors (Lipinski definition) is 4. The normalized spacial score (nSPS) is 10.5. The Morgan fingerprint density at radius 3 is 2.52 bits per heavy atom. The summed E-state index contributed by atoms with van der Waals surface area (Å²) in [6, 6.07) is 14.4. The zero-order valence-corrected chi connectivity index (χ0v) is 14.1. The molecule has 0 saturated carbocycles. The van der Waals surface area contributed by atoms with E-state index in [2.05, 4.69) is 36.7 Å². The SMILES string of the molecule is O=C(Cn1nnc(-c2ccc(Br)cc2)n1)Nc1ccc(Cl)cc1. The minimum atomic E-state index is -0.243. The molecule has 0 fully saturated rings. The van der Waals surface area contributed by atoms with Crippen LogP contribution in [0.2, 0.25) is 5.02 Å². The molecule has 1 N–H and O–H groups in total. The summed E-state index contributed by atoms with van der Waals surface area (Å²) in [4.78, 5) is 13.2. The lowest BCUT2D eigenvalue weighted by Crippen LogP contribution is -2.20. The van der Waals surface area contributed by atoms with Gasteiger partial charge in [-0.15, -0.1) is 10.2 Å². The van der Waals surface area contributed by atoms with Gasteiger partial charge in [-0.05, 0) is 53.7 Å². The highest BCUT2D eigenvalue weighted by Crippen LogP contribution is 2.17. The first-order valence-corrected chi connectivity index (χ1v) is 7.86. The maximum atomic E-state index is 12.0. The van der Waals surface area contributed by atoms with Crippen molar-refractivity contribution in [3.05, 3.63) is 58.0 Å². The highest BCUT2D eigenvalue weighted by atomic mass is 79.9. The van der Waals surface area contributed by atoms with Crippen LogP contribution in [0.4, 0.5) is 5.69 Å². The average molecular weight is 393 g/mol. The van der Waals surface area contributed by atoms with Gasteiger partial charge in [0.1, 0.15) is 6.54 Å². The summed E-state index contributed by atoms with van der Waals surface area (Å²) in [5.74, 6) is 0.226. The standard InChI is InChI=1S/C15H11BrClN5O/c16-11-3-1-10(2-4-11)15-19-21-22(20-15)9-14(23)18-13-7-5-12(17)6-8-13/h1-8H,9H2,(H,18,23). The van der Waals surface area contributed by atoms with E-state index in [1.165, 1.54) is 4.80 Å². The fourth-order valence-electron chi connectivity index (χ4n) is 1.89. The van der Waals surface area contributed by atoms with Gasteiger partial charge in [0.15, 0.2) is 0 Å². The van der Waals surface area contributed by atoms with E-state index in [4.69, 9.17) is 11.6 Å². The molecule has 8 heteroatoms. The number of nitrogens with zero attached hydrogens (tertiary/aromatic N) is 4. The summed E-state index contributed by atoms with van der Waals surface area (Å²) in [7, 11) is 0. The second-order valence-corrected chi connectivity index (χ2v) is 6.06. The molecule has 0 aliphatic heterocycles. The number of anilines is 1. The molecule has 1 amide bonds. The Hall–Kier alpha value is -2.25. The van der Waals surface area contributed by atoms with Crippen LogP contribution in [0.3, 0.4) is 0 Å². The van der Waals surface area contributed by atoms with Crippen LogP contribution in [0, 0.1) is 0 Å². The number of rotatable bonds is 4. The van der Waals surface area contributed by atoms with Crippen molar-refractivity contribution in [3.63, 3.8) is 0 Å². The predicted molar refractivity (Wildman–Crippen MR) is 91.0 cm³/mol. The highest BCUT2D eigenvalue weighted by molar-refractivity contribution is 9.10. The Morgan fingerprint density at radius 1 is 1.13 bits per heavy atom. The summed E-state index contributed by atoms with van der Waals surface area (Å²) >= 11 is 9.17. The number of aromatic nitrogens is 4. The molecular weight excluding hydrogens is 382 g/mol. The van der Waals surface area contributed by atoms with Crippen LogP contribution < -0.4 is 5.32 Å². The average Bonchev–Trinajstić information content (AvgIpc) is 2.98. The molecule has 0 spiro atoms. The molecule has 2 aromatic carbocycles. The number of carbonyl (C=O) groups excluding carboxylic acids is 1. The summed E-state index contributed by atoms with van der Waals surface area (Å²) in [6.45, 7) is -0.0217. The van der Waals surface area contributed by atoms with E-state index < -0.39 is 0 Å². The van der Waals surface area contributed by atoms with Gasteiger partial charge in [-0.2, -0.15) is 4.80 Å².